The molecule has 3 aliphatic rings. The third-order valence-electron chi connectivity index (χ3n) is 10.1. The van der Waals surface area contributed by atoms with Crippen LogP contribution in [0.1, 0.15) is 81.5 Å². The molecule has 0 saturated carbocycles. The zero-order chi connectivity index (χ0) is 36.0. The maximum atomic E-state index is 14.4. The number of hydrogen-bond acceptors (Lipinski definition) is 7. The molecule has 0 atom stereocenters. The summed E-state index contributed by atoms with van der Waals surface area (Å²) in [6, 6.07) is 20.4. The number of carbonyl (C=O) groups is 2. The van der Waals surface area contributed by atoms with Gasteiger partial charge >= 0.3 is 10.1 Å². The number of allylic oxidation sites excluding steroid dienone is 5. The van der Waals surface area contributed by atoms with Crippen LogP contribution in [0.3, 0.4) is 0 Å². The quantitative estimate of drug-likeness (QED) is 0.156. The molecule has 2 aliphatic carbocycles. The minimum atomic E-state index is -4.21. The van der Waals surface area contributed by atoms with Crippen LogP contribution < -0.4 is 8.92 Å². The number of ether oxygens (including phenoxy) is 1. The normalized spacial score (nSPS) is 18.9. The van der Waals surface area contributed by atoms with Crippen LogP contribution in [0, 0.1) is 17.8 Å². The van der Waals surface area contributed by atoms with E-state index in [0.717, 1.165) is 23.4 Å². The largest absolute Gasteiger partial charge is 0.493 e. The summed E-state index contributed by atoms with van der Waals surface area (Å²) in [7, 11) is -2.74. The van der Waals surface area contributed by atoms with Gasteiger partial charge in [-0.2, -0.15) is 8.42 Å². The van der Waals surface area contributed by atoms with Gasteiger partial charge in [0.1, 0.15) is 4.90 Å². The van der Waals surface area contributed by atoms with Gasteiger partial charge in [-0.15, -0.1) is 6.58 Å². The van der Waals surface area contributed by atoms with Crippen molar-refractivity contribution in [2.75, 3.05) is 13.7 Å². The lowest BCUT2D eigenvalue weighted by atomic mass is 9.63. The summed E-state index contributed by atoms with van der Waals surface area (Å²) >= 11 is 0. The van der Waals surface area contributed by atoms with E-state index in [1.807, 2.05) is 31.2 Å². The van der Waals surface area contributed by atoms with Crippen LogP contribution in [-0.2, 0) is 32.5 Å². The van der Waals surface area contributed by atoms with Crippen LogP contribution in [0.4, 0.5) is 0 Å². The first kappa shape index (κ1) is 35.4. The third kappa shape index (κ3) is 6.95. The highest BCUT2D eigenvalue weighted by Gasteiger charge is 2.49. The molecule has 8 heteroatoms. The molecule has 0 spiro atoms. The Morgan fingerprint density at radius 3 is 1.98 bits per heavy atom. The monoisotopic (exact) mass is 693 g/mol. The van der Waals surface area contributed by atoms with Crippen molar-refractivity contribution in [3.8, 4) is 11.5 Å². The standard InChI is InChI=1S/C42H47NO6S/c1-8-12-29-21-30(22-36(48-7)40(29)49-50(46,47)31-17-15-27(2)16-18-31)37-38-32(23-41(3,4)25-34(38)44)43(20-19-28-13-10-9-11-14-28)33-24-42(5,6)26-35(45)39(33)37/h8-11,13-18,21-22,37H,1,12,19-20,23-26H2,2-7H3. The first-order chi connectivity index (χ1) is 23.6. The fourth-order valence-corrected chi connectivity index (χ4v) is 8.78. The molecule has 1 aliphatic heterocycles. The van der Waals surface area contributed by atoms with Gasteiger partial charge in [0.2, 0.25) is 0 Å². The predicted molar refractivity (Wildman–Crippen MR) is 196 cm³/mol. The van der Waals surface area contributed by atoms with Crippen molar-refractivity contribution in [2.24, 2.45) is 10.8 Å². The van der Waals surface area contributed by atoms with Gasteiger partial charge in [-0.25, -0.2) is 0 Å². The van der Waals surface area contributed by atoms with Crippen LogP contribution in [0.2, 0.25) is 0 Å². The fourth-order valence-electron chi connectivity index (χ4n) is 7.80. The number of benzene rings is 3. The van der Waals surface area contributed by atoms with E-state index in [1.165, 1.54) is 24.8 Å². The van der Waals surface area contributed by atoms with E-state index >= 15 is 0 Å². The highest BCUT2D eigenvalue weighted by molar-refractivity contribution is 7.87. The van der Waals surface area contributed by atoms with Gasteiger partial charge in [0.05, 0.1) is 7.11 Å². The number of hydrogen-bond donors (Lipinski definition) is 0. The van der Waals surface area contributed by atoms with Crippen LogP contribution in [-0.4, -0.2) is 38.5 Å². The Balaban J connectivity index is 1.54. The van der Waals surface area contributed by atoms with Gasteiger partial charge in [0.15, 0.2) is 23.1 Å². The van der Waals surface area contributed by atoms with Gasteiger partial charge in [0.25, 0.3) is 0 Å². The second-order valence-corrected chi connectivity index (χ2v) is 17.0. The predicted octanol–water partition coefficient (Wildman–Crippen LogP) is 8.43. The molecular weight excluding hydrogens is 647 g/mol. The van der Waals surface area contributed by atoms with E-state index in [-0.39, 0.29) is 45.2 Å². The van der Waals surface area contributed by atoms with Crippen LogP contribution in [0.5, 0.6) is 11.5 Å². The zero-order valence-corrected chi connectivity index (χ0v) is 30.8. The van der Waals surface area contributed by atoms with E-state index in [9.17, 15) is 18.0 Å². The molecule has 0 unspecified atom stereocenters. The summed E-state index contributed by atoms with van der Waals surface area (Å²) in [4.78, 5) is 31.1. The lowest BCUT2D eigenvalue weighted by molar-refractivity contribution is -0.119. The van der Waals surface area contributed by atoms with Gasteiger partial charge in [0, 0.05) is 53.4 Å². The number of nitrogens with zero attached hydrogens (tertiary/aromatic N) is 1. The van der Waals surface area contributed by atoms with E-state index in [1.54, 1.807) is 24.3 Å². The Labute approximate surface area is 296 Å². The van der Waals surface area contributed by atoms with Crippen molar-refractivity contribution >= 4 is 21.7 Å². The van der Waals surface area contributed by atoms with Crippen molar-refractivity contribution in [3.63, 3.8) is 0 Å². The highest BCUT2D eigenvalue weighted by atomic mass is 32.2. The molecule has 0 fully saturated rings. The molecule has 50 heavy (non-hydrogen) atoms. The van der Waals surface area contributed by atoms with Crippen LogP contribution in [0.15, 0.2) is 107 Å². The summed E-state index contributed by atoms with van der Waals surface area (Å²) in [5.41, 5.74) is 6.08. The Kier molecular flexibility index (Phi) is 9.46. The number of rotatable bonds is 10. The summed E-state index contributed by atoms with van der Waals surface area (Å²) in [5, 5.41) is 0. The molecule has 0 radical (unpaired) electrons. The summed E-state index contributed by atoms with van der Waals surface area (Å²) in [6.07, 6.45) is 4.83. The first-order valence-corrected chi connectivity index (χ1v) is 18.7. The number of ketones is 2. The smallest absolute Gasteiger partial charge is 0.339 e. The van der Waals surface area contributed by atoms with E-state index < -0.39 is 16.0 Å². The highest BCUT2D eigenvalue weighted by Crippen LogP contribution is 2.55. The Bertz CT molecular complexity index is 1970. The molecule has 3 aromatic carbocycles. The molecule has 262 valence electrons. The van der Waals surface area contributed by atoms with E-state index in [4.69, 9.17) is 8.92 Å². The molecule has 0 N–H and O–H groups in total. The molecule has 0 saturated heterocycles. The molecule has 0 aromatic heterocycles. The van der Waals surface area contributed by atoms with Gasteiger partial charge in [-0.1, -0.05) is 87.9 Å². The molecule has 3 aromatic rings. The average Bonchev–Trinajstić information content (AvgIpc) is 3.04. The number of carbonyl (C=O) groups excluding carboxylic acids is 2. The van der Waals surface area contributed by atoms with E-state index in [0.29, 0.717) is 54.5 Å². The van der Waals surface area contributed by atoms with Crippen LogP contribution in [0.25, 0.3) is 0 Å². The van der Waals surface area contributed by atoms with Gasteiger partial charge < -0.3 is 13.8 Å². The number of methoxy groups -OCH3 is 1. The second-order valence-electron chi connectivity index (χ2n) is 15.5. The van der Waals surface area contributed by atoms with Crippen molar-refractivity contribution in [1.82, 2.24) is 4.90 Å². The van der Waals surface area contributed by atoms with Crippen molar-refractivity contribution in [1.29, 1.82) is 0 Å². The minimum absolute atomic E-state index is 0.0251. The Morgan fingerprint density at radius 1 is 0.860 bits per heavy atom. The van der Waals surface area contributed by atoms with Crippen molar-refractivity contribution in [3.05, 3.63) is 124 Å². The Morgan fingerprint density at radius 2 is 1.44 bits per heavy atom. The molecule has 1 heterocycles. The minimum Gasteiger partial charge on any atom is -0.493 e. The first-order valence-electron chi connectivity index (χ1n) is 17.3. The maximum absolute atomic E-state index is 14.4. The topological polar surface area (TPSA) is 90.0 Å². The maximum Gasteiger partial charge on any atom is 0.339 e. The van der Waals surface area contributed by atoms with Crippen molar-refractivity contribution < 1.29 is 26.9 Å². The van der Waals surface area contributed by atoms with E-state index in [2.05, 4.69) is 51.3 Å². The molecule has 6 rings (SSSR count). The average molecular weight is 694 g/mol. The lowest BCUT2D eigenvalue weighted by Crippen LogP contribution is -2.45. The summed E-state index contributed by atoms with van der Waals surface area (Å²) in [5.74, 6) is -0.297. The second kappa shape index (κ2) is 13.4. The number of aryl methyl sites for hydroxylation is 1. The SMILES string of the molecule is C=CCc1cc(C2C3=C(CC(C)(C)CC3=O)N(CCc3ccccc3)C3=C2C(=O)CC(C)(C)C3)cc(OC)c1OS(=O)(=O)c1ccc(C)cc1. The number of Topliss-reactive ketones (excluding diaryl/α,β-unsaturated/α-hetero) is 2. The summed E-state index contributed by atoms with van der Waals surface area (Å²) in [6.45, 7) is 15.0. The zero-order valence-electron chi connectivity index (χ0n) is 30.0. The van der Waals surface area contributed by atoms with Gasteiger partial charge in [-0.05, 0) is 72.8 Å². The lowest BCUT2D eigenvalue weighted by Gasteiger charge is -2.49. The molecular formula is C42H47NO6S. The van der Waals surface area contributed by atoms with Crippen LogP contribution >= 0.6 is 0 Å². The molecule has 7 nitrogen and oxygen atoms in total. The van der Waals surface area contributed by atoms with Gasteiger partial charge in [-0.3, -0.25) is 9.59 Å². The fraction of sp³-hybridized carbons (Fsp3) is 0.381. The molecule has 0 bridgehead atoms. The summed E-state index contributed by atoms with van der Waals surface area (Å²) < 4.78 is 38.6. The Hall–Kier alpha value is -4.43. The van der Waals surface area contributed by atoms with Crippen molar-refractivity contribution in [2.45, 2.75) is 84.0 Å². The third-order valence-corrected chi connectivity index (χ3v) is 11.3. The molecule has 0 amide bonds.